The highest BCUT2D eigenvalue weighted by Gasteiger charge is 2.37. The Morgan fingerprint density at radius 1 is 1.06 bits per heavy atom. The standard InChI is InChI=1S/C26H28N7O2S/c1-16(2)20-6-7-23(32-13-17(3)14-32)22-12-28-25(10-21(20)22)30-24-8-9-27-26(31-24)18-11-29-33(15-18)36(34,35)19-4-5-19/h6-12,15-17,19H,3-5,13-14H2,1-2H3,(H,27,28,30,31). The molecule has 36 heavy (non-hydrogen) atoms. The van der Waals surface area contributed by atoms with Crippen molar-refractivity contribution in [3.05, 3.63) is 61.5 Å². The number of hydrogen-bond acceptors (Lipinski definition) is 8. The van der Waals surface area contributed by atoms with Crippen LogP contribution in [0.15, 0.2) is 49.1 Å². The third-order valence-corrected chi connectivity index (χ3v) is 8.80. The summed E-state index contributed by atoms with van der Waals surface area (Å²) >= 11 is 0. The smallest absolute Gasteiger partial charge is 0.256 e. The molecule has 0 atom stereocenters. The summed E-state index contributed by atoms with van der Waals surface area (Å²) in [5, 5.41) is 9.29. The van der Waals surface area contributed by atoms with Crippen LogP contribution in [0, 0.1) is 12.8 Å². The molecule has 1 aromatic carbocycles. The van der Waals surface area contributed by atoms with E-state index in [1.807, 2.05) is 6.20 Å². The summed E-state index contributed by atoms with van der Waals surface area (Å²) in [6, 6.07) is 8.23. The van der Waals surface area contributed by atoms with E-state index in [0.717, 1.165) is 27.9 Å². The largest absolute Gasteiger partial charge is 0.370 e. The fraction of sp³-hybridized carbons (Fsp3) is 0.346. The van der Waals surface area contributed by atoms with Crippen LogP contribution in [0.25, 0.3) is 22.2 Å². The van der Waals surface area contributed by atoms with Crippen LogP contribution >= 0.6 is 0 Å². The van der Waals surface area contributed by atoms with Crippen molar-refractivity contribution >= 4 is 38.1 Å². The van der Waals surface area contributed by atoms with Crippen LogP contribution in [0.1, 0.15) is 38.2 Å². The fourth-order valence-electron chi connectivity index (χ4n) is 4.64. The molecule has 0 bridgehead atoms. The van der Waals surface area contributed by atoms with Crippen LogP contribution in [-0.4, -0.2) is 50.9 Å². The monoisotopic (exact) mass is 502 g/mol. The number of fused-ring (bicyclic) bond motifs is 1. The number of aromatic nitrogens is 5. The molecule has 1 N–H and O–H groups in total. The lowest BCUT2D eigenvalue weighted by molar-refractivity contribution is 0.492. The first-order valence-electron chi connectivity index (χ1n) is 12.2. The number of rotatable bonds is 7. The second-order valence-corrected chi connectivity index (χ2v) is 12.0. The first-order valence-corrected chi connectivity index (χ1v) is 13.7. The molecule has 10 heteroatoms. The van der Waals surface area contributed by atoms with E-state index in [1.165, 1.54) is 23.6 Å². The number of nitrogens with one attached hydrogen (secondary N) is 1. The molecule has 185 valence electrons. The lowest BCUT2D eigenvalue weighted by Crippen LogP contribution is -2.45. The van der Waals surface area contributed by atoms with Gasteiger partial charge < -0.3 is 10.2 Å². The third kappa shape index (κ3) is 4.09. The molecule has 0 spiro atoms. The molecule has 1 aliphatic heterocycles. The van der Waals surface area contributed by atoms with Crippen LogP contribution in [0.5, 0.6) is 0 Å². The van der Waals surface area contributed by atoms with Gasteiger partial charge in [0.1, 0.15) is 11.6 Å². The molecule has 2 aliphatic rings. The summed E-state index contributed by atoms with van der Waals surface area (Å²) in [5.41, 5.74) is 2.99. The number of pyridine rings is 1. The van der Waals surface area contributed by atoms with Crippen molar-refractivity contribution in [2.45, 2.75) is 37.9 Å². The Morgan fingerprint density at radius 3 is 2.58 bits per heavy atom. The van der Waals surface area contributed by atoms with E-state index in [-0.39, 0.29) is 5.25 Å². The van der Waals surface area contributed by atoms with E-state index >= 15 is 0 Å². The highest BCUT2D eigenvalue weighted by molar-refractivity contribution is 7.90. The summed E-state index contributed by atoms with van der Waals surface area (Å²) < 4.78 is 26.0. The predicted octanol–water partition coefficient (Wildman–Crippen LogP) is 4.37. The van der Waals surface area contributed by atoms with Crippen LogP contribution in [0.4, 0.5) is 17.3 Å². The van der Waals surface area contributed by atoms with Crippen LogP contribution in [-0.2, 0) is 10.0 Å². The highest BCUT2D eigenvalue weighted by atomic mass is 32.2. The van der Waals surface area contributed by atoms with Gasteiger partial charge in [0, 0.05) is 36.6 Å². The van der Waals surface area contributed by atoms with Crippen molar-refractivity contribution in [1.29, 1.82) is 0 Å². The maximum Gasteiger partial charge on any atom is 0.256 e. The second-order valence-electron chi connectivity index (χ2n) is 9.95. The lowest BCUT2D eigenvalue weighted by atomic mass is 9.93. The molecule has 9 nitrogen and oxygen atoms in total. The van der Waals surface area contributed by atoms with Crippen LogP contribution in [0.3, 0.4) is 0 Å². The number of benzene rings is 1. The van der Waals surface area contributed by atoms with Gasteiger partial charge in [-0.05, 0) is 60.7 Å². The fourth-order valence-corrected chi connectivity index (χ4v) is 6.11. The van der Waals surface area contributed by atoms with Crippen molar-refractivity contribution in [2.75, 3.05) is 23.3 Å². The number of hydrogen-bond donors (Lipinski definition) is 1. The minimum Gasteiger partial charge on any atom is -0.370 e. The number of nitrogens with zero attached hydrogens (tertiary/aromatic N) is 6. The molecule has 4 aromatic rings. The molecule has 0 unspecified atom stereocenters. The average Bonchev–Trinajstić information content (AvgIpc) is 3.58. The zero-order valence-electron chi connectivity index (χ0n) is 20.3. The van der Waals surface area contributed by atoms with Gasteiger partial charge in [-0.1, -0.05) is 19.9 Å². The van der Waals surface area contributed by atoms with Crippen molar-refractivity contribution in [1.82, 2.24) is 24.1 Å². The molecule has 4 heterocycles. The zero-order chi connectivity index (χ0) is 25.0. The van der Waals surface area contributed by atoms with E-state index in [2.05, 4.69) is 69.2 Å². The second kappa shape index (κ2) is 8.55. The van der Waals surface area contributed by atoms with Crippen molar-refractivity contribution < 1.29 is 8.42 Å². The highest BCUT2D eigenvalue weighted by Crippen LogP contribution is 2.37. The summed E-state index contributed by atoms with van der Waals surface area (Å²) in [4.78, 5) is 15.9. The zero-order valence-corrected chi connectivity index (χ0v) is 21.1. The van der Waals surface area contributed by atoms with Gasteiger partial charge in [-0.25, -0.2) is 23.4 Å². The van der Waals surface area contributed by atoms with Gasteiger partial charge >= 0.3 is 0 Å². The van der Waals surface area contributed by atoms with E-state index < -0.39 is 10.0 Å². The van der Waals surface area contributed by atoms with Crippen molar-refractivity contribution in [2.24, 2.45) is 5.92 Å². The summed E-state index contributed by atoms with van der Waals surface area (Å²) in [7, 11) is -3.44. The first-order chi connectivity index (χ1) is 17.3. The Hall–Kier alpha value is -3.53. The Bertz CT molecular complexity index is 1550. The van der Waals surface area contributed by atoms with Gasteiger partial charge in [0.25, 0.3) is 10.0 Å². The minimum atomic E-state index is -3.44. The molecule has 6 rings (SSSR count). The van der Waals surface area contributed by atoms with Gasteiger partial charge in [-0.15, -0.1) is 0 Å². The van der Waals surface area contributed by atoms with Gasteiger partial charge in [0.15, 0.2) is 5.82 Å². The molecular weight excluding hydrogens is 474 g/mol. The van der Waals surface area contributed by atoms with Gasteiger partial charge in [0.05, 0.1) is 23.2 Å². The summed E-state index contributed by atoms with van der Waals surface area (Å²) in [5.74, 6) is 2.46. The molecule has 1 aliphatic carbocycles. The van der Waals surface area contributed by atoms with E-state index in [9.17, 15) is 8.42 Å². The summed E-state index contributed by atoms with van der Waals surface area (Å²) in [6.45, 7) is 10.4. The topological polar surface area (TPSA) is 106 Å². The Labute approximate surface area is 210 Å². The van der Waals surface area contributed by atoms with Crippen LogP contribution < -0.4 is 10.2 Å². The van der Waals surface area contributed by atoms with E-state index in [1.54, 1.807) is 12.3 Å². The van der Waals surface area contributed by atoms with Crippen molar-refractivity contribution in [3.63, 3.8) is 0 Å². The predicted molar refractivity (Wildman–Crippen MR) is 141 cm³/mol. The normalized spacial score (nSPS) is 16.5. The first kappa shape index (κ1) is 22.9. The van der Waals surface area contributed by atoms with E-state index in [0.29, 0.717) is 47.7 Å². The SMILES string of the molecule is [CH2]C1CN(c2ccc(C(C)C)c3cc(Nc4ccnc(-c5cnn(S(=O)(=O)C6CC6)c5)n4)ncc23)C1. The Balaban J connectivity index is 1.30. The lowest BCUT2D eigenvalue weighted by Gasteiger charge is -2.40. The third-order valence-electron chi connectivity index (χ3n) is 6.77. The molecular formula is C26H28N7O2S. The molecule has 1 saturated heterocycles. The van der Waals surface area contributed by atoms with Gasteiger partial charge in [0.2, 0.25) is 0 Å². The Kier molecular flexibility index (Phi) is 5.44. The molecule has 1 saturated carbocycles. The molecule has 1 radical (unpaired) electrons. The average molecular weight is 503 g/mol. The minimum absolute atomic E-state index is 0.337. The molecule has 2 fully saturated rings. The maximum absolute atomic E-state index is 12.5. The van der Waals surface area contributed by atoms with Gasteiger partial charge in [-0.2, -0.15) is 9.19 Å². The number of anilines is 3. The van der Waals surface area contributed by atoms with Gasteiger partial charge in [-0.3, -0.25) is 0 Å². The van der Waals surface area contributed by atoms with Crippen molar-refractivity contribution in [3.8, 4) is 11.4 Å². The van der Waals surface area contributed by atoms with Crippen LogP contribution in [0.2, 0.25) is 0 Å². The molecule has 3 aromatic heterocycles. The quantitative estimate of drug-likeness (QED) is 0.397. The molecule has 0 amide bonds. The van der Waals surface area contributed by atoms with E-state index in [4.69, 9.17) is 0 Å². The Morgan fingerprint density at radius 2 is 1.86 bits per heavy atom. The maximum atomic E-state index is 12.5. The summed E-state index contributed by atoms with van der Waals surface area (Å²) in [6.07, 6.45) is 7.88.